The molecule has 1 amide bonds. The monoisotopic (exact) mass is 435 g/mol. The molecule has 0 saturated carbocycles. The number of amides is 1. The predicted molar refractivity (Wildman–Crippen MR) is 123 cm³/mol. The summed E-state index contributed by atoms with van der Waals surface area (Å²) in [4.78, 5) is 21.5. The Morgan fingerprint density at radius 3 is 2.45 bits per heavy atom. The molecule has 0 unspecified atom stereocenters. The van der Waals surface area contributed by atoms with Gasteiger partial charge in [-0.05, 0) is 56.6 Å². The van der Waals surface area contributed by atoms with Crippen molar-refractivity contribution in [1.29, 1.82) is 0 Å². The molecule has 0 N–H and O–H groups in total. The summed E-state index contributed by atoms with van der Waals surface area (Å²) in [6, 6.07) is 21.3. The largest absolute Gasteiger partial charge is 0.457 e. The number of nitrogens with zero attached hydrogens (tertiary/aromatic N) is 3. The summed E-state index contributed by atoms with van der Waals surface area (Å²) in [6.07, 6.45) is 0. The lowest BCUT2D eigenvalue weighted by atomic mass is 10.2. The van der Waals surface area contributed by atoms with Crippen molar-refractivity contribution in [2.45, 2.75) is 0 Å². The fourth-order valence-corrected chi connectivity index (χ4v) is 4.08. The van der Waals surface area contributed by atoms with Crippen LogP contribution in [0.4, 0.5) is 9.52 Å². The Morgan fingerprint density at radius 2 is 1.71 bits per heavy atom. The highest BCUT2D eigenvalue weighted by Crippen LogP contribution is 2.31. The number of para-hydroxylation sites is 2. The zero-order chi connectivity index (χ0) is 21.8. The van der Waals surface area contributed by atoms with Gasteiger partial charge in [0.2, 0.25) is 0 Å². The van der Waals surface area contributed by atoms with E-state index in [0.29, 0.717) is 40.0 Å². The van der Waals surface area contributed by atoms with Gasteiger partial charge in [-0.2, -0.15) is 0 Å². The third-order valence-corrected chi connectivity index (χ3v) is 5.71. The Hall–Kier alpha value is -3.29. The number of carbonyl (C=O) groups excluding carboxylic acids is 1. The number of hydrogen-bond acceptors (Lipinski definition) is 5. The SMILES string of the molecule is CN(C)CCN(C(=O)c1cccc(Oc2ccccc2)c1)c1nc2c(F)cccc2s1. The predicted octanol–water partition coefficient (Wildman–Crippen LogP) is 5.44. The first kappa shape index (κ1) is 21.0. The molecule has 0 bridgehead atoms. The fraction of sp³-hybridized carbons (Fsp3) is 0.167. The molecular weight excluding hydrogens is 413 g/mol. The van der Waals surface area contributed by atoms with Crippen molar-refractivity contribution in [2.75, 3.05) is 32.1 Å². The summed E-state index contributed by atoms with van der Waals surface area (Å²) >= 11 is 1.31. The molecule has 0 aliphatic carbocycles. The first-order valence-corrected chi connectivity index (χ1v) is 10.7. The number of rotatable bonds is 7. The molecule has 0 radical (unpaired) electrons. The molecule has 0 fully saturated rings. The van der Waals surface area contributed by atoms with Crippen molar-refractivity contribution in [3.63, 3.8) is 0 Å². The van der Waals surface area contributed by atoms with Gasteiger partial charge in [-0.25, -0.2) is 9.37 Å². The summed E-state index contributed by atoms with van der Waals surface area (Å²) in [5.74, 6) is 0.663. The maximum atomic E-state index is 14.2. The van der Waals surface area contributed by atoms with E-state index in [-0.39, 0.29) is 11.4 Å². The number of fused-ring (bicyclic) bond motifs is 1. The maximum absolute atomic E-state index is 14.2. The topological polar surface area (TPSA) is 45.7 Å². The second kappa shape index (κ2) is 9.24. The second-order valence-corrected chi connectivity index (χ2v) is 8.30. The Bertz CT molecular complexity index is 1190. The van der Waals surface area contributed by atoms with Crippen molar-refractivity contribution in [3.05, 3.63) is 84.2 Å². The van der Waals surface area contributed by atoms with E-state index in [1.807, 2.05) is 55.4 Å². The van der Waals surface area contributed by atoms with Crippen molar-refractivity contribution in [1.82, 2.24) is 9.88 Å². The van der Waals surface area contributed by atoms with Crippen molar-refractivity contribution < 1.29 is 13.9 Å². The average Bonchev–Trinajstić information content (AvgIpc) is 3.20. The van der Waals surface area contributed by atoms with Gasteiger partial charge in [0.25, 0.3) is 5.91 Å². The van der Waals surface area contributed by atoms with Crippen LogP contribution in [0.2, 0.25) is 0 Å². The molecule has 4 rings (SSSR count). The van der Waals surface area contributed by atoms with Gasteiger partial charge in [0.1, 0.15) is 22.8 Å². The van der Waals surface area contributed by atoms with E-state index >= 15 is 0 Å². The lowest BCUT2D eigenvalue weighted by molar-refractivity contribution is 0.0985. The van der Waals surface area contributed by atoms with E-state index in [0.717, 1.165) is 0 Å². The molecule has 3 aromatic carbocycles. The zero-order valence-corrected chi connectivity index (χ0v) is 18.1. The van der Waals surface area contributed by atoms with Gasteiger partial charge < -0.3 is 9.64 Å². The van der Waals surface area contributed by atoms with Crippen LogP contribution in [0.25, 0.3) is 10.2 Å². The lowest BCUT2D eigenvalue weighted by Gasteiger charge is -2.22. The van der Waals surface area contributed by atoms with Crippen LogP contribution in [0.3, 0.4) is 0 Å². The molecule has 158 valence electrons. The number of thiazole rings is 1. The first-order chi connectivity index (χ1) is 15.0. The Morgan fingerprint density at radius 1 is 0.968 bits per heavy atom. The van der Waals surface area contributed by atoms with Crippen LogP contribution in [0.1, 0.15) is 10.4 Å². The van der Waals surface area contributed by atoms with Gasteiger partial charge in [-0.3, -0.25) is 9.69 Å². The number of hydrogen-bond donors (Lipinski definition) is 0. The van der Waals surface area contributed by atoms with Crippen molar-refractivity contribution in [2.24, 2.45) is 0 Å². The molecule has 31 heavy (non-hydrogen) atoms. The van der Waals surface area contributed by atoms with Gasteiger partial charge in [-0.15, -0.1) is 0 Å². The number of carbonyl (C=O) groups is 1. The number of halogens is 1. The minimum atomic E-state index is -0.390. The Labute approximate surface area is 184 Å². The number of benzene rings is 3. The number of anilines is 1. The molecule has 7 heteroatoms. The van der Waals surface area contributed by atoms with E-state index < -0.39 is 5.82 Å². The average molecular weight is 436 g/mol. The molecular formula is C24H22FN3O2S. The minimum Gasteiger partial charge on any atom is -0.457 e. The number of likely N-dealkylation sites (N-methyl/N-ethyl adjacent to an activating group) is 1. The Kier molecular flexibility index (Phi) is 6.25. The smallest absolute Gasteiger partial charge is 0.260 e. The van der Waals surface area contributed by atoms with Gasteiger partial charge in [0.15, 0.2) is 5.13 Å². The third-order valence-electron chi connectivity index (χ3n) is 4.67. The second-order valence-electron chi connectivity index (χ2n) is 7.29. The molecule has 0 aliphatic rings. The van der Waals surface area contributed by atoms with Crippen LogP contribution >= 0.6 is 11.3 Å². The van der Waals surface area contributed by atoms with Crippen LogP contribution in [-0.4, -0.2) is 43.0 Å². The van der Waals surface area contributed by atoms with E-state index in [4.69, 9.17) is 4.74 Å². The van der Waals surface area contributed by atoms with Crippen LogP contribution < -0.4 is 9.64 Å². The summed E-state index contributed by atoms with van der Waals surface area (Å²) in [5.41, 5.74) is 0.762. The van der Waals surface area contributed by atoms with Crippen LogP contribution in [-0.2, 0) is 0 Å². The maximum Gasteiger partial charge on any atom is 0.260 e. The Balaban J connectivity index is 1.65. The van der Waals surface area contributed by atoms with Gasteiger partial charge in [-0.1, -0.05) is 41.7 Å². The summed E-state index contributed by atoms with van der Waals surface area (Å²) in [5, 5.41) is 0.473. The standard InChI is InChI=1S/C24H22FN3O2S/c1-27(2)14-15-28(24-26-22-20(25)12-7-13-21(22)31-24)23(29)17-8-6-11-19(16-17)30-18-9-4-3-5-10-18/h3-13,16H,14-15H2,1-2H3. The highest BCUT2D eigenvalue weighted by atomic mass is 32.1. The fourth-order valence-electron chi connectivity index (χ4n) is 3.08. The lowest BCUT2D eigenvalue weighted by Crippen LogP contribution is -2.36. The molecule has 4 aromatic rings. The summed E-state index contributed by atoms with van der Waals surface area (Å²) in [7, 11) is 3.88. The van der Waals surface area contributed by atoms with E-state index in [2.05, 4.69) is 4.98 Å². The molecule has 0 spiro atoms. The molecule has 1 aromatic heterocycles. The summed E-state index contributed by atoms with van der Waals surface area (Å²) in [6.45, 7) is 1.07. The van der Waals surface area contributed by atoms with Crippen LogP contribution in [0, 0.1) is 5.82 Å². The summed E-state index contributed by atoms with van der Waals surface area (Å²) < 4.78 is 20.8. The van der Waals surface area contributed by atoms with Gasteiger partial charge in [0, 0.05) is 18.7 Å². The molecule has 0 aliphatic heterocycles. The number of ether oxygens (including phenoxy) is 1. The van der Waals surface area contributed by atoms with E-state index in [9.17, 15) is 9.18 Å². The zero-order valence-electron chi connectivity index (χ0n) is 17.3. The minimum absolute atomic E-state index is 0.208. The van der Waals surface area contributed by atoms with E-state index in [1.165, 1.54) is 17.4 Å². The van der Waals surface area contributed by atoms with Crippen molar-refractivity contribution >= 4 is 32.6 Å². The molecule has 0 saturated heterocycles. The van der Waals surface area contributed by atoms with Crippen LogP contribution in [0.5, 0.6) is 11.5 Å². The van der Waals surface area contributed by atoms with Gasteiger partial charge in [0.05, 0.1) is 4.70 Å². The first-order valence-electron chi connectivity index (χ1n) is 9.86. The van der Waals surface area contributed by atoms with Crippen molar-refractivity contribution in [3.8, 4) is 11.5 Å². The molecule has 1 heterocycles. The van der Waals surface area contributed by atoms with Gasteiger partial charge >= 0.3 is 0 Å². The normalized spacial score (nSPS) is 11.1. The highest BCUT2D eigenvalue weighted by Gasteiger charge is 2.22. The third kappa shape index (κ3) is 4.90. The highest BCUT2D eigenvalue weighted by molar-refractivity contribution is 7.22. The quantitative estimate of drug-likeness (QED) is 0.388. The molecule has 5 nitrogen and oxygen atoms in total. The van der Waals surface area contributed by atoms with E-state index in [1.54, 1.807) is 35.2 Å². The number of aromatic nitrogens is 1. The van der Waals surface area contributed by atoms with Crippen LogP contribution in [0.15, 0.2) is 72.8 Å². The molecule has 0 atom stereocenters.